The fourth-order valence-electron chi connectivity index (χ4n) is 3.94. The van der Waals surface area contributed by atoms with Gasteiger partial charge in [0, 0.05) is 43.0 Å². The molecule has 3 aromatic rings. The molecule has 0 unspecified atom stereocenters. The molecule has 0 radical (unpaired) electrons. The van der Waals surface area contributed by atoms with Crippen LogP contribution in [0.3, 0.4) is 0 Å². The molecule has 6 nitrogen and oxygen atoms in total. The molecule has 6 heteroatoms. The number of imidazole rings is 1. The Kier molecular flexibility index (Phi) is 6.12. The van der Waals surface area contributed by atoms with Crippen LogP contribution in [0.4, 0.5) is 0 Å². The highest BCUT2D eigenvalue weighted by atomic mass is 16.5. The van der Waals surface area contributed by atoms with Gasteiger partial charge in [-0.25, -0.2) is 9.97 Å². The van der Waals surface area contributed by atoms with Crippen LogP contribution in [-0.4, -0.2) is 45.0 Å². The number of benzene rings is 1. The van der Waals surface area contributed by atoms with E-state index < -0.39 is 0 Å². The summed E-state index contributed by atoms with van der Waals surface area (Å²) in [5, 5.41) is 0. The maximum atomic E-state index is 12.7. The van der Waals surface area contributed by atoms with Gasteiger partial charge in [0.2, 0.25) is 0 Å². The van der Waals surface area contributed by atoms with Gasteiger partial charge in [-0.2, -0.15) is 0 Å². The predicted octanol–water partition coefficient (Wildman–Crippen LogP) is 4.18. The first-order valence-corrected chi connectivity index (χ1v) is 10.6. The zero-order chi connectivity index (χ0) is 20.9. The quantitative estimate of drug-likeness (QED) is 0.618. The summed E-state index contributed by atoms with van der Waals surface area (Å²) < 4.78 is 7.70. The zero-order valence-corrected chi connectivity index (χ0v) is 17.6. The summed E-state index contributed by atoms with van der Waals surface area (Å²) in [6, 6.07) is 15.6. The van der Waals surface area contributed by atoms with Crippen molar-refractivity contribution in [3.05, 3.63) is 72.4 Å². The van der Waals surface area contributed by atoms with E-state index in [-0.39, 0.29) is 18.4 Å². The first-order valence-electron chi connectivity index (χ1n) is 10.6. The van der Waals surface area contributed by atoms with E-state index in [4.69, 9.17) is 9.72 Å². The lowest BCUT2D eigenvalue weighted by Crippen LogP contribution is -2.41. The summed E-state index contributed by atoms with van der Waals surface area (Å²) >= 11 is 0. The topological polar surface area (TPSA) is 60.2 Å². The minimum atomic E-state index is 0.0245. The Hall–Kier alpha value is -3.15. The van der Waals surface area contributed by atoms with E-state index in [2.05, 4.69) is 24.9 Å². The molecule has 1 aromatic carbocycles. The van der Waals surface area contributed by atoms with Gasteiger partial charge in [-0.1, -0.05) is 38.1 Å². The van der Waals surface area contributed by atoms with Crippen LogP contribution in [0.25, 0.3) is 5.82 Å². The maximum Gasteiger partial charge on any atom is 0.260 e. The fourth-order valence-corrected chi connectivity index (χ4v) is 3.94. The lowest BCUT2D eigenvalue weighted by atomic mass is 9.94. The van der Waals surface area contributed by atoms with Crippen molar-refractivity contribution in [1.82, 2.24) is 19.4 Å². The molecule has 1 saturated heterocycles. The van der Waals surface area contributed by atoms with Gasteiger partial charge in [-0.3, -0.25) is 9.36 Å². The molecule has 1 atom stereocenters. The van der Waals surface area contributed by atoms with Crippen LogP contribution >= 0.6 is 0 Å². The second kappa shape index (κ2) is 9.11. The summed E-state index contributed by atoms with van der Waals surface area (Å²) in [6.45, 7) is 5.77. The normalized spacial score (nSPS) is 16.6. The second-order valence-electron chi connectivity index (χ2n) is 8.01. The number of amides is 1. The van der Waals surface area contributed by atoms with Crippen molar-refractivity contribution in [2.24, 2.45) is 0 Å². The van der Waals surface area contributed by atoms with Gasteiger partial charge in [-0.05, 0) is 37.1 Å². The first-order chi connectivity index (χ1) is 14.6. The summed E-state index contributed by atoms with van der Waals surface area (Å²) in [4.78, 5) is 24.0. The SMILES string of the molecule is CC(C)c1nccn1-c1cccc([C@@H]2CCCN(C(=O)COc3ccccc3)C2)n1. The van der Waals surface area contributed by atoms with Gasteiger partial charge in [0.05, 0.1) is 0 Å². The summed E-state index contributed by atoms with van der Waals surface area (Å²) in [5.74, 6) is 3.16. The average Bonchev–Trinajstić information content (AvgIpc) is 3.29. The minimum Gasteiger partial charge on any atom is -0.484 e. The van der Waals surface area contributed by atoms with Crippen molar-refractivity contribution in [2.45, 2.75) is 38.5 Å². The van der Waals surface area contributed by atoms with Crippen LogP contribution in [0, 0.1) is 0 Å². The molecule has 1 aliphatic heterocycles. The molecule has 1 fully saturated rings. The molecule has 30 heavy (non-hydrogen) atoms. The van der Waals surface area contributed by atoms with Crippen LogP contribution < -0.4 is 4.74 Å². The number of aromatic nitrogens is 3. The third-order valence-corrected chi connectivity index (χ3v) is 5.49. The van der Waals surface area contributed by atoms with Crippen molar-refractivity contribution in [1.29, 1.82) is 0 Å². The largest absolute Gasteiger partial charge is 0.484 e. The van der Waals surface area contributed by atoms with Crippen LogP contribution in [0.5, 0.6) is 5.75 Å². The smallest absolute Gasteiger partial charge is 0.260 e. The van der Waals surface area contributed by atoms with E-state index in [1.807, 2.05) is 64.3 Å². The molecule has 4 rings (SSSR count). The Morgan fingerprint density at radius 3 is 2.80 bits per heavy atom. The molecule has 2 aromatic heterocycles. The molecule has 156 valence electrons. The van der Waals surface area contributed by atoms with Crippen molar-refractivity contribution < 1.29 is 9.53 Å². The van der Waals surface area contributed by atoms with Gasteiger partial charge >= 0.3 is 0 Å². The molecular weight excluding hydrogens is 376 g/mol. The third kappa shape index (κ3) is 4.53. The van der Waals surface area contributed by atoms with Crippen LogP contribution in [-0.2, 0) is 4.79 Å². The minimum absolute atomic E-state index is 0.0245. The molecule has 0 bridgehead atoms. The Morgan fingerprint density at radius 2 is 2.00 bits per heavy atom. The Bertz CT molecular complexity index is 984. The lowest BCUT2D eigenvalue weighted by molar-refractivity contribution is -0.134. The molecule has 0 saturated carbocycles. The summed E-state index contributed by atoms with van der Waals surface area (Å²) in [5.41, 5.74) is 1.03. The Morgan fingerprint density at radius 1 is 1.17 bits per heavy atom. The van der Waals surface area contributed by atoms with Gasteiger partial charge in [0.25, 0.3) is 5.91 Å². The highest BCUT2D eigenvalue weighted by molar-refractivity contribution is 5.78. The number of pyridine rings is 1. The highest BCUT2D eigenvalue weighted by Crippen LogP contribution is 2.27. The third-order valence-electron chi connectivity index (χ3n) is 5.49. The van der Waals surface area contributed by atoms with Crippen molar-refractivity contribution in [2.75, 3.05) is 19.7 Å². The van der Waals surface area contributed by atoms with E-state index in [0.29, 0.717) is 12.5 Å². The van der Waals surface area contributed by atoms with E-state index >= 15 is 0 Å². The number of carbonyl (C=O) groups excluding carboxylic acids is 1. The standard InChI is InChI=1S/C24H28N4O2/c1-18(2)24-25-13-15-28(24)22-12-6-11-21(26-22)19-8-7-14-27(16-19)23(29)17-30-20-9-4-3-5-10-20/h3-6,9-13,15,18-19H,7-8,14,16-17H2,1-2H3/t19-/m1/s1. The Balaban J connectivity index is 1.44. The van der Waals surface area contributed by atoms with Gasteiger partial charge in [-0.15, -0.1) is 0 Å². The van der Waals surface area contributed by atoms with Crippen molar-refractivity contribution in [3.63, 3.8) is 0 Å². The zero-order valence-electron chi connectivity index (χ0n) is 17.6. The van der Waals surface area contributed by atoms with Crippen molar-refractivity contribution >= 4 is 5.91 Å². The number of rotatable bonds is 6. The number of nitrogens with zero attached hydrogens (tertiary/aromatic N) is 4. The Labute approximate surface area is 177 Å². The van der Waals surface area contributed by atoms with Crippen molar-refractivity contribution in [3.8, 4) is 11.6 Å². The lowest BCUT2D eigenvalue weighted by Gasteiger charge is -2.32. The highest BCUT2D eigenvalue weighted by Gasteiger charge is 2.26. The van der Waals surface area contributed by atoms with Gasteiger partial charge in [0.15, 0.2) is 6.61 Å². The number of piperidine rings is 1. The van der Waals surface area contributed by atoms with Gasteiger partial charge in [0.1, 0.15) is 17.4 Å². The number of para-hydroxylation sites is 1. The molecule has 0 spiro atoms. The van der Waals surface area contributed by atoms with Crippen LogP contribution in [0.1, 0.15) is 50.0 Å². The first kappa shape index (κ1) is 20.1. The van der Waals surface area contributed by atoms with E-state index in [9.17, 15) is 4.79 Å². The summed E-state index contributed by atoms with van der Waals surface area (Å²) in [7, 11) is 0. The fraction of sp³-hybridized carbons (Fsp3) is 0.375. The molecule has 0 N–H and O–H groups in total. The van der Waals surface area contributed by atoms with E-state index in [1.165, 1.54) is 0 Å². The van der Waals surface area contributed by atoms with E-state index in [1.54, 1.807) is 0 Å². The maximum absolute atomic E-state index is 12.7. The molecule has 0 aliphatic carbocycles. The predicted molar refractivity (Wildman–Crippen MR) is 116 cm³/mol. The number of hydrogen-bond acceptors (Lipinski definition) is 4. The second-order valence-corrected chi connectivity index (χ2v) is 8.01. The monoisotopic (exact) mass is 404 g/mol. The van der Waals surface area contributed by atoms with Gasteiger partial charge < -0.3 is 9.64 Å². The average molecular weight is 405 g/mol. The molecule has 3 heterocycles. The number of ether oxygens (including phenoxy) is 1. The summed E-state index contributed by atoms with van der Waals surface area (Å²) in [6.07, 6.45) is 5.77. The molecule has 1 aliphatic rings. The number of hydrogen-bond donors (Lipinski definition) is 0. The number of likely N-dealkylation sites (tertiary alicyclic amines) is 1. The number of carbonyl (C=O) groups is 1. The molecular formula is C24H28N4O2. The van der Waals surface area contributed by atoms with E-state index in [0.717, 1.165) is 42.5 Å². The van der Waals surface area contributed by atoms with Crippen LogP contribution in [0.15, 0.2) is 60.9 Å². The van der Waals surface area contributed by atoms with Crippen LogP contribution in [0.2, 0.25) is 0 Å². The molecule has 1 amide bonds.